The molecular weight excluding hydrogens is 232 g/mol. The van der Waals surface area contributed by atoms with Crippen LogP contribution in [0.25, 0.3) is 11.1 Å². The maximum Gasteiger partial charge on any atom is 0.251 e. The van der Waals surface area contributed by atoms with E-state index in [0.29, 0.717) is 11.1 Å². The van der Waals surface area contributed by atoms with Crippen molar-refractivity contribution in [2.24, 2.45) is 0 Å². The molecule has 0 aliphatic heterocycles. The second-order valence-electron chi connectivity index (χ2n) is 4.44. The van der Waals surface area contributed by atoms with Crippen molar-refractivity contribution >= 4 is 0 Å². The smallest absolute Gasteiger partial charge is 0.251 e. The molecule has 3 rings (SSSR count). The van der Waals surface area contributed by atoms with Crippen LogP contribution in [0.3, 0.4) is 0 Å². The van der Waals surface area contributed by atoms with Crippen LogP contribution in [0.4, 0.5) is 0 Å². The normalized spacial score (nSPS) is 18.9. The summed E-state index contributed by atoms with van der Waals surface area (Å²) >= 11 is 0. The molecule has 0 radical (unpaired) electrons. The minimum atomic E-state index is -2.74. The molecule has 0 amide bonds. The topological polar surface area (TPSA) is 80.9 Å². The Balaban J connectivity index is 2.43. The van der Waals surface area contributed by atoms with E-state index in [2.05, 4.69) is 0 Å². The summed E-state index contributed by atoms with van der Waals surface area (Å²) in [4.78, 5) is 0. The van der Waals surface area contributed by atoms with Gasteiger partial charge in [0.2, 0.25) is 0 Å². The fraction of sp³-hybridized carbons (Fsp3) is 0.143. The van der Waals surface area contributed by atoms with E-state index in [1.165, 1.54) is 12.1 Å². The van der Waals surface area contributed by atoms with Crippen molar-refractivity contribution in [1.82, 2.24) is 0 Å². The number of fused-ring (bicyclic) bond motifs is 3. The quantitative estimate of drug-likeness (QED) is 0.513. The molecule has 92 valence electrons. The molecule has 1 aliphatic rings. The van der Waals surface area contributed by atoms with Gasteiger partial charge in [-0.2, -0.15) is 0 Å². The fourth-order valence-corrected chi connectivity index (χ4v) is 2.42. The first kappa shape index (κ1) is 11.4. The molecule has 0 heterocycles. The van der Waals surface area contributed by atoms with Gasteiger partial charge >= 0.3 is 0 Å². The largest absolute Gasteiger partial charge is 0.357 e. The van der Waals surface area contributed by atoms with Crippen LogP contribution in [0, 0.1) is 0 Å². The molecule has 0 spiro atoms. The van der Waals surface area contributed by atoms with Crippen molar-refractivity contribution in [2.45, 2.75) is 11.6 Å². The monoisotopic (exact) mass is 244 g/mol. The lowest BCUT2D eigenvalue weighted by Gasteiger charge is -2.41. The van der Waals surface area contributed by atoms with Crippen LogP contribution in [-0.2, 0) is 11.6 Å². The van der Waals surface area contributed by atoms with Gasteiger partial charge in [0, 0.05) is 11.1 Å². The second kappa shape index (κ2) is 3.40. The van der Waals surface area contributed by atoms with Crippen LogP contribution in [0.15, 0.2) is 48.5 Å². The van der Waals surface area contributed by atoms with Gasteiger partial charge in [-0.25, -0.2) is 0 Å². The summed E-state index contributed by atoms with van der Waals surface area (Å²) in [5.41, 5.74) is 1.32. The van der Waals surface area contributed by atoms with E-state index < -0.39 is 11.6 Å². The van der Waals surface area contributed by atoms with Gasteiger partial charge in [0.1, 0.15) is 0 Å². The SMILES string of the molecule is OC1(O)c2ccccc2-c2ccccc2C1(O)O. The van der Waals surface area contributed by atoms with Crippen LogP contribution in [-0.4, -0.2) is 20.4 Å². The summed E-state index contributed by atoms with van der Waals surface area (Å²) in [6.07, 6.45) is 0. The first-order valence-electron chi connectivity index (χ1n) is 5.55. The van der Waals surface area contributed by atoms with Gasteiger partial charge in [-0.15, -0.1) is 0 Å². The number of aliphatic hydroxyl groups is 4. The Kier molecular flexibility index (Phi) is 2.15. The van der Waals surface area contributed by atoms with Gasteiger partial charge in [0.15, 0.2) is 0 Å². The van der Waals surface area contributed by atoms with Crippen LogP contribution in [0.5, 0.6) is 0 Å². The molecule has 0 atom stereocenters. The predicted molar refractivity (Wildman–Crippen MR) is 64.1 cm³/mol. The van der Waals surface area contributed by atoms with Crippen LogP contribution in [0.1, 0.15) is 11.1 Å². The number of rotatable bonds is 0. The lowest BCUT2D eigenvalue weighted by Crippen LogP contribution is -2.51. The zero-order chi connectivity index (χ0) is 13.0. The fourth-order valence-electron chi connectivity index (χ4n) is 2.42. The first-order valence-corrected chi connectivity index (χ1v) is 5.55. The third kappa shape index (κ3) is 1.23. The highest BCUT2D eigenvalue weighted by atomic mass is 16.6. The molecule has 4 N–H and O–H groups in total. The molecule has 18 heavy (non-hydrogen) atoms. The Morgan fingerprint density at radius 1 is 0.556 bits per heavy atom. The van der Waals surface area contributed by atoms with E-state index in [4.69, 9.17) is 0 Å². The maximum absolute atomic E-state index is 10.1. The summed E-state index contributed by atoms with van der Waals surface area (Å²) in [6, 6.07) is 13.1. The van der Waals surface area contributed by atoms with E-state index in [1.54, 1.807) is 36.4 Å². The average Bonchev–Trinajstić information content (AvgIpc) is 2.37. The van der Waals surface area contributed by atoms with Crippen LogP contribution in [0.2, 0.25) is 0 Å². The van der Waals surface area contributed by atoms with Crippen molar-refractivity contribution in [2.75, 3.05) is 0 Å². The minimum absolute atomic E-state index is 0.0775. The molecule has 0 saturated heterocycles. The van der Waals surface area contributed by atoms with Gasteiger partial charge in [0.05, 0.1) is 0 Å². The van der Waals surface area contributed by atoms with Crippen LogP contribution >= 0.6 is 0 Å². The Bertz CT molecular complexity index is 561. The summed E-state index contributed by atoms with van der Waals surface area (Å²) in [6.45, 7) is 0. The van der Waals surface area contributed by atoms with Crippen LogP contribution < -0.4 is 0 Å². The third-order valence-electron chi connectivity index (χ3n) is 3.38. The lowest BCUT2D eigenvalue weighted by atomic mass is 9.77. The summed E-state index contributed by atoms with van der Waals surface area (Å²) < 4.78 is 0. The Labute approximate surface area is 103 Å². The van der Waals surface area contributed by atoms with E-state index in [1.807, 2.05) is 0 Å². The number of benzene rings is 2. The van der Waals surface area contributed by atoms with Gasteiger partial charge in [-0.3, -0.25) is 0 Å². The molecule has 0 unspecified atom stereocenters. The summed E-state index contributed by atoms with van der Waals surface area (Å²) in [5, 5.41) is 40.2. The lowest BCUT2D eigenvalue weighted by molar-refractivity contribution is -0.376. The molecular formula is C14H12O4. The van der Waals surface area contributed by atoms with E-state index >= 15 is 0 Å². The Hall–Kier alpha value is -1.72. The highest BCUT2D eigenvalue weighted by Gasteiger charge is 2.55. The van der Waals surface area contributed by atoms with Gasteiger partial charge < -0.3 is 20.4 Å². The zero-order valence-corrected chi connectivity index (χ0v) is 9.41. The second-order valence-corrected chi connectivity index (χ2v) is 4.44. The number of hydrogen-bond acceptors (Lipinski definition) is 4. The third-order valence-corrected chi connectivity index (χ3v) is 3.38. The van der Waals surface area contributed by atoms with Gasteiger partial charge in [-0.1, -0.05) is 48.5 Å². The van der Waals surface area contributed by atoms with Crippen molar-refractivity contribution in [3.8, 4) is 11.1 Å². The minimum Gasteiger partial charge on any atom is -0.357 e. The van der Waals surface area contributed by atoms with E-state index in [0.717, 1.165) is 0 Å². The highest BCUT2D eigenvalue weighted by Crippen LogP contribution is 2.48. The Morgan fingerprint density at radius 2 is 0.889 bits per heavy atom. The molecule has 0 bridgehead atoms. The highest BCUT2D eigenvalue weighted by molar-refractivity contribution is 5.75. The van der Waals surface area contributed by atoms with E-state index in [-0.39, 0.29) is 11.1 Å². The number of hydrogen-bond donors (Lipinski definition) is 4. The molecule has 2 aromatic rings. The predicted octanol–water partition coefficient (Wildman–Crippen LogP) is 0.642. The molecule has 0 saturated carbocycles. The molecule has 0 aromatic heterocycles. The first-order chi connectivity index (χ1) is 8.46. The van der Waals surface area contributed by atoms with Gasteiger partial charge in [0.25, 0.3) is 11.6 Å². The van der Waals surface area contributed by atoms with Crippen molar-refractivity contribution in [3.63, 3.8) is 0 Å². The zero-order valence-electron chi connectivity index (χ0n) is 9.41. The molecule has 0 fully saturated rings. The van der Waals surface area contributed by atoms with Crippen molar-refractivity contribution < 1.29 is 20.4 Å². The average molecular weight is 244 g/mol. The van der Waals surface area contributed by atoms with E-state index in [9.17, 15) is 20.4 Å². The summed E-state index contributed by atoms with van der Waals surface area (Å²) in [5.74, 6) is -5.48. The molecule has 4 heteroatoms. The van der Waals surface area contributed by atoms with Gasteiger partial charge in [-0.05, 0) is 11.1 Å². The van der Waals surface area contributed by atoms with Crippen molar-refractivity contribution in [3.05, 3.63) is 59.7 Å². The summed E-state index contributed by atoms with van der Waals surface area (Å²) in [7, 11) is 0. The maximum atomic E-state index is 10.1. The standard InChI is InChI=1S/C14H12O4/c15-13(16)11-7-3-1-5-9(11)10-6-2-4-8-12(10)14(13,17)18/h1-8,15-18H. The molecule has 2 aromatic carbocycles. The van der Waals surface area contributed by atoms with Crippen molar-refractivity contribution in [1.29, 1.82) is 0 Å². The Morgan fingerprint density at radius 3 is 1.28 bits per heavy atom. The molecule has 1 aliphatic carbocycles. The molecule has 4 nitrogen and oxygen atoms in total.